The van der Waals surface area contributed by atoms with Gasteiger partial charge in [0, 0.05) is 22.9 Å². The van der Waals surface area contributed by atoms with E-state index in [2.05, 4.69) is 27.1 Å². The maximum atomic E-state index is 12.4. The number of carbonyl (C=O) groups excluding carboxylic acids is 2. The number of nitrogens with two attached hydrogens (primary N) is 1. The van der Waals surface area contributed by atoms with E-state index in [1.165, 1.54) is 12.8 Å². The molecule has 0 bridgehead atoms. The van der Waals surface area contributed by atoms with Crippen LogP contribution in [-0.4, -0.2) is 39.3 Å². The van der Waals surface area contributed by atoms with Gasteiger partial charge in [0.2, 0.25) is 5.91 Å². The quantitative estimate of drug-likeness (QED) is 0.636. The molecule has 144 valence electrons. The highest BCUT2D eigenvalue weighted by molar-refractivity contribution is 6.05. The lowest BCUT2D eigenvalue weighted by Crippen LogP contribution is -2.26. The number of H-pyrrole nitrogens is 1. The minimum absolute atomic E-state index is 0.253. The van der Waals surface area contributed by atoms with E-state index in [1.807, 2.05) is 18.2 Å². The average molecular weight is 377 g/mol. The first-order chi connectivity index (χ1) is 13.5. The van der Waals surface area contributed by atoms with Crippen LogP contribution < -0.4 is 11.1 Å². The molecule has 0 radical (unpaired) electrons. The van der Waals surface area contributed by atoms with Gasteiger partial charge < -0.3 is 16.0 Å². The zero-order chi connectivity index (χ0) is 19.7. The predicted octanol–water partition coefficient (Wildman–Crippen LogP) is 2.90. The van der Waals surface area contributed by atoms with Crippen molar-refractivity contribution < 1.29 is 9.59 Å². The van der Waals surface area contributed by atoms with Crippen LogP contribution in [0.3, 0.4) is 0 Å². The van der Waals surface area contributed by atoms with Crippen molar-refractivity contribution >= 4 is 28.5 Å². The van der Waals surface area contributed by atoms with E-state index in [9.17, 15) is 9.59 Å². The minimum Gasteiger partial charge on any atom is -0.366 e. The Kier molecular flexibility index (Phi) is 4.83. The van der Waals surface area contributed by atoms with Crippen LogP contribution in [0.15, 0.2) is 42.5 Å². The van der Waals surface area contributed by atoms with Crippen LogP contribution in [0, 0.1) is 0 Å². The fourth-order valence-corrected chi connectivity index (χ4v) is 3.62. The maximum absolute atomic E-state index is 12.4. The molecule has 2 heterocycles. The molecule has 4 rings (SSSR count). The molecule has 1 saturated heterocycles. The van der Waals surface area contributed by atoms with E-state index in [1.54, 1.807) is 24.3 Å². The number of rotatable bonds is 5. The highest BCUT2D eigenvalue weighted by Gasteiger charge is 2.21. The zero-order valence-corrected chi connectivity index (χ0v) is 15.7. The molecule has 0 unspecified atom stereocenters. The molecule has 0 saturated carbocycles. The predicted molar refractivity (Wildman–Crippen MR) is 108 cm³/mol. The van der Waals surface area contributed by atoms with Crippen molar-refractivity contribution in [2.75, 3.05) is 11.9 Å². The van der Waals surface area contributed by atoms with Gasteiger partial charge in [-0.2, -0.15) is 0 Å². The van der Waals surface area contributed by atoms with Crippen LogP contribution in [0.2, 0.25) is 0 Å². The van der Waals surface area contributed by atoms with Gasteiger partial charge in [-0.3, -0.25) is 14.5 Å². The van der Waals surface area contributed by atoms with E-state index in [0.717, 1.165) is 29.9 Å². The molecular formula is C21H23N5O2. The van der Waals surface area contributed by atoms with Crippen molar-refractivity contribution in [3.8, 4) is 0 Å². The second-order valence-corrected chi connectivity index (χ2v) is 7.27. The summed E-state index contributed by atoms with van der Waals surface area (Å²) in [6.07, 6.45) is 2.47. The molecule has 1 atom stereocenters. The van der Waals surface area contributed by atoms with Crippen LogP contribution >= 0.6 is 0 Å². The number of anilines is 1. The Bertz CT molecular complexity index is 1020. The molecule has 0 aliphatic carbocycles. The number of nitrogens with zero attached hydrogens (tertiary/aromatic N) is 2. The van der Waals surface area contributed by atoms with Crippen molar-refractivity contribution in [2.45, 2.75) is 32.4 Å². The number of imidazole rings is 1. The maximum Gasteiger partial charge on any atom is 0.255 e. The van der Waals surface area contributed by atoms with Crippen LogP contribution in [-0.2, 0) is 6.54 Å². The monoisotopic (exact) mass is 377 g/mol. The first kappa shape index (κ1) is 18.2. The van der Waals surface area contributed by atoms with Gasteiger partial charge in [-0.05, 0) is 68.8 Å². The summed E-state index contributed by atoms with van der Waals surface area (Å²) in [6, 6.07) is 12.5. The number of hydrogen-bond donors (Lipinski definition) is 3. The second-order valence-electron chi connectivity index (χ2n) is 7.27. The topological polar surface area (TPSA) is 104 Å². The van der Waals surface area contributed by atoms with Crippen molar-refractivity contribution in [3.05, 3.63) is 59.4 Å². The van der Waals surface area contributed by atoms with E-state index in [4.69, 9.17) is 5.73 Å². The summed E-state index contributed by atoms with van der Waals surface area (Å²) in [6.45, 7) is 4.16. The summed E-state index contributed by atoms with van der Waals surface area (Å²) in [5, 5.41) is 2.87. The molecule has 1 aliphatic heterocycles. The largest absolute Gasteiger partial charge is 0.366 e. The van der Waals surface area contributed by atoms with Gasteiger partial charge in [0.15, 0.2) is 0 Å². The SMILES string of the molecule is C[C@H]1CCCN1Cc1nc2cc(NC(=O)c3ccc(C(N)=O)cc3)ccc2[nH]1. The van der Waals surface area contributed by atoms with Crippen molar-refractivity contribution in [3.63, 3.8) is 0 Å². The number of hydrogen-bond acceptors (Lipinski definition) is 4. The summed E-state index contributed by atoms with van der Waals surface area (Å²) < 4.78 is 0. The van der Waals surface area contributed by atoms with Gasteiger partial charge in [-0.1, -0.05) is 0 Å². The van der Waals surface area contributed by atoms with Gasteiger partial charge in [-0.25, -0.2) is 4.98 Å². The van der Waals surface area contributed by atoms with E-state index in [-0.39, 0.29) is 5.91 Å². The molecule has 2 amide bonds. The number of aromatic amines is 1. The molecule has 2 aromatic carbocycles. The Morgan fingerprint density at radius 2 is 1.96 bits per heavy atom. The van der Waals surface area contributed by atoms with Gasteiger partial charge in [0.05, 0.1) is 17.6 Å². The highest BCUT2D eigenvalue weighted by atomic mass is 16.2. The fourth-order valence-electron chi connectivity index (χ4n) is 3.62. The summed E-state index contributed by atoms with van der Waals surface area (Å²) in [5.74, 6) is 0.168. The van der Waals surface area contributed by atoms with Crippen LogP contribution in [0.4, 0.5) is 5.69 Å². The Hall–Kier alpha value is -3.19. The van der Waals surface area contributed by atoms with Crippen molar-refractivity contribution in [2.24, 2.45) is 5.73 Å². The first-order valence-electron chi connectivity index (χ1n) is 9.43. The lowest BCUT2D eigenvalue weighted by molar-refractivity contribution is 0.0995. The van der Waals surface area contributed by atoms with Crippen molar-refractivity contribution in [1.29, 1.82) is 0 Å². The summed E-state index contributed by atoms with van der Waals surface area (Å²) in [4.78, 5) is 34.0. The second kappa shape index (κ2) is 7.44. The third-order valence-corrected chi connectivity index (χ3v) is 5.27. The Morgan fingerprint density at radius 1 is 1.21 bits per heavy atom. The molecular weight excluding hydrogens is 354 g/mol. The third kappa shape index (κ3) is 3.75. The lowest BCUT2D eigenvalue weighted by atomic mass is 10.1. The van der Waals surface area contributed by atoms with Gasteiger partial charge in [0.25, 0.3) is 5.91 Å². The lowest BCUT2D eigenvalue weighted by Gasteiger charge is -2.19. The number of carbonyl (C=O) groups is 2. The Morgan fingerprint density at radius 3 is 2.64 bits per heavy atom. The van der Waals surface area contributed by atoms with Crippen molar-refractivity contribution in [1.82, 2.24) is 14.9 Å². The normalized spacial score (nSPS) is 17.1. The summed E-state index contributed by atoms with van der Waals surface area (Å²) >= 11 is 0. The molecule has 3 aromatic rings. The third-order valence-electron chi connectivity index (χ3n) is 5.27. The number of likely N-dealkylation sites (tertiary alicyclic amines) is 1. The molecule has 0 spiro atoms. The van der Waals surface area contributed by atoms with Gasteiger partial charge >= 0.3 is 0 Å². The van der Waals surface area contributed by atoms with E-state index in [0.29, 0.717) is 22.9 Å². The molecule has 1 aliphatic rings. The van der Waals surface area contributed by atoms with E-state index >= 15 is 0 Å². The number of benzene rings is 2. The molecule has 4 N–H and O–H groups in total. The Labute approximate surface area is 162 Å². The minimum atomic E-state index is -0.518. The number of fused-ring (bicyclic) bond motifs is 1. The standard InChI is InChI=1S/C21H23N5O2/c1-13-3-2-10-26(13)12-19-24-17-9-8-16(11-18(17)25-19)23-21(28)15-6-4-14(5-7-15)20(22)27/h4-9,11,13H,2-3,10,12H2,1H3,(H2,22,27)(H,23,28)(H,24,25)/t13-/m0/s1. The number of amides is 2. The smallest absolute Gasteiger partial charge is 0.255 e. The number of primary amides is 1. The number of aromatic nitrogens is 2. The van der Waals surface area contributed by atoms with E-state index < -0.39 is 5.91 Å². The zero-order valence-electron chi connectivity index (χ0n) is 15.7. The Balaban J connectivity index is 1.48. The molecule has 7 nitrogen and oxygen atoms in total. The van der Waals surface area contributed by atoms with Crippen LogP contribution in [0.25, 0.3) is 11.0 Å². The van der Waals surface area contributed by atoms with Crippen LogP contribution in [0.1, 0.15) is 46.3 Å². The molecule has 7 heteroatoms. The molecule has 1 fully saturated rings. The highest BCUT2D eigenvalue weighted by Crippen LogP contribution is 2.22. The first-order valence-corrected chi connectivity index (χ1v) is 9.43. The summed E-state index contributed by atoms with van der Waals surface area (Å²) in [7, 11) is 0. The van der Waals surface area contributed by atoms with Gasteiger partial charge in [-0.15, -0.1) is 0 Å². The summed E-state index contributed by atoms with van der Waals surface area (Å²) in [5.41, 5.74) is 8.49. The molecule has 28 heavy (non-hydrogen) atoms. The van der Waals surface area contributed by atoms with Crippen LogP contribution in [0.5, 0.6) is 0 Å². The van der Waals surface area contributed by atoms with Gasteiger partial charge in [0.1, 0.15) is 5.82 Å². The molecule has 1 aromatic heterocycles. The fraction of sp³-hybridized carbons (Fsp3) is 0.286. The average Bonchev–Trinajstić information content (AvgIpc) is 3.27. The number of nitrogens with one attached hydrogen (secondary N) is 2.